The van der Waals surface area contributed by atoms with Crippen LogP contribution in [0.2, 0.25) is 0 Å². The van der Waals surface area contributed by atoms with Crippen molar-refractivity contribution in [3.63, 3.8) is 0 Å². The maximum atomic E-state index is 12.4. The van der Waals surface area contributed by atoms with Gasteiger partial charge in [-0.1, -0.05) is 12.1 Å². The van der Waals surface area contributed by atoms with E-state index < -0.39 is 0 Å². The Morgan fingerprint density at radius 3 is 2.35 bits per heavy atom. The number of hydrogen-bond acceptors (Lipinski definition) is 4. The minimum absolute atomic E-state index is 0.0750. The molecule has 1 saturated heterocycles. The monoisotopic (exact) mass is 368 g/mol. The molecule has 0 spiro atoms. The lowest BCUT2D eigenvalue weighted by Gasteiger charge is -2.33. The first-order chi connectivity index (χ1) is 12.7. The van der Waals surface area contributed by atoms with E-state index in [0.29, 0.717) is 12.1 Å². The van der Waals surface area contributed by atoms with Crippen molar-refractivity contribution < 1.29 is 9.59 Å². The van der Waals surface area contributed by atoms with Crippen LogP contribution in [0.25, 0.3) is 0 Å². The van der Waals surface area contributed by atoms with E-state index >= 15 is 0 Å². The zero-order valence-corrected chi connectivity index (χ0v) is 15.8. The fraction of sp³-hybridized carbons (Fsp3) is 0.333. The van der Waals surface area contributed by atoms with Gasteiger partial charge in [-0.15, -0.1) is 11.8 Å². The number of carbonyl (C=O) groups is 2. The summed E-state index contributed by atoms with van der Waals surface area (Å²) in [5, 5.41) is 3.07. The lowest BCUT2D eigenvalue weighted by Crippen LogP contribution is -2.40. The molecule has 136 valence electrons. The minimum Gasteiger partial charge on any atom is -0.371 e. The molecule has 0 atom stereocenters. The molecule has 1 amide bonds. The van der Waals surface area contributed by atoms with E-state index in [-0.39, 0.29) is 11.8 Å². The van der Waals surface area contributed by atoms with Gasteiger partial charge in [-0.2, -0.15) is 0 Å². The maximum absolute atomic E-state index is 12.4. The molecule has 1 aliphatic heterocycles. The van der Waals surface area contributed by atoms with Crippen LogP contribution in [-0.4, -0.2) is 31.5 Å². The highest BCUT2D eigenvalue weighted by molar-refractivity contribution is 7.98. The quantitative estimate of drug-likeness (QED) is 0.623. The number of amides is 1. The van der Waals surface area contributed by atoms with Crippen LogP contribution in [0.1, 0.15) is 28.8 Å². The molecule has 0 aliphatic carbocycles. The molecule has 1 heterocycles. The second-order valence-corrected chi connectivity index (χ2v) is 7.42. The van der Waals surface area contributed by atoms with Crippen LogP contribution in [0, 0.1) is 5.92 Å². The van der Waals surface area contributed by atoms with Crippen molar-refractivity contribution in [2.75, 3.05) is 24.2 Å². The number of anilines is 1. The third kappa shape index (κ3) is 4.67. The van der Waals surface area contributed by atoms with Crippen LogP contribution in [0.5, 0.6) is 0 Å². The van der Waals surface area contributed by atoms with Crippen molar-refractivity contribution in [2.24, 2.45) is 5.92 Å². The standard InChI is InChI=1S/C21H24N2O2S/c1-26-20-8-4-16(5-9-20)14-22-21(25)18-10-12-23(13-11-18)19-6-2-17(15-24)3-7-19/h2-9,15,18H,10-14H2,1H3,(H,22,25). The van der Waals surface area contributed by atoms with Gasteiger partial charge >= 0.3 is 0 Å². The molecule has 0 bridgehead atoms. The van der Waals surface area contributed by atoms with E-state index in [1.165, 1.54) is 4.90 Å². The largest absolute Gasteiger partial charge is 0.371 e. The van der Waals surface area contributed by atoms with Crippen molar-refractivity contribution >= 4 is 29.6 Å². The van der Waals surface area contributed by atoms with Gasteiger partial charge in [0.2, 0.25) is 5.91 Å². The van der Waals surface area contributed by atoms with Gasteiger partial charge < -0.3 is 10.2 Å². The number of carbonyl (C=O) groups excluding carboxylic acids is 2. The predicted octanol–water partition coefficient (Wildman–Crippen LogP) is 3.75. The zero-order valence-electron chi connectivity index (χ0n) is 15.0. The molecule has 4 nitrogen and oxygen atoms in total. The summed E-state index contributed by atoms with van der Waals surface area (Å²) in [6, 6.07) is 15.9. The van der Waals surface area contributed by atoms with E-state index in [1.807, 2.05) is 24.3 Å². The Morgan fingerprint density at radius 1 is 1.12 bits per heavy atom. The van der Waals surface area contributed by atoms with Crippen molar-refractivity contribution in [3.05, 3.63) is 59.7 Å². The van der Waals surface area contributed by atoms with Crippen molar-refractivity contribution in [1.29, 1.82) is 0 Å². The molecular formula is C21H24N2O2S. The van der Waals surface area contributed by atoms with E-state index in [1.54, 1.807) is 11.8 Å². The van der Waals surface area contributed by atoms with Crippen LogP contribution < -0.4 is 10.2 Å². The summed E-state index contributed by atoms with van der Waals surface area (Å²) in [6.45, 7) is 2.31. The third-order valence-corrected chi connectivity index (χ3v) is 5.63. The van der Waals surface area contributed by atoms with Crippen molar-refractivity contribution in [3.8, 4) is 0 Å². The summed E-state index contributed by atoms with van der Waals surface area (Å²) >= 11 is 1.72. The average Bonchev–Trinajstić information content (AvgIpc) is 2.72. The second kappa shape index (κ2) is 8.90. The van der Waals surface area contributed by atoms with E-state index in [2.05, 4.69) is 40.7 Å². The van der Waals surface area contributed by atoms with Crippen molar-refractivity contribution in [1.82, 2.24) is 5.32 Å². The van der Waals surface area contributed by atoms with Crippen LogP contribution >= 0.6 is 11.8 Å². The number of piperidine rings is 1. The van der Waals surface area contributed by atoms with Crippen LogP contribution in [0.3, 0.4) is 0 Å². The highest BCUT2D eigenvalue weighted by Gasteiger charge is 2.24. The Kier molecular flexibility index (Phi) is 6.34. The summed E-state index contributed by atoms with van der Waals surface area (Å²) in [5.41, 5.74) is 2.93. The summed E-state index contributed by atoms with van der Waals surface area (Å²) in [5.74, 6) is 0.223. The third-order valence-electron chi connectivity index (χ3n) is 4.89. The molecule has 1 N–H and O–H groups in total. The molecular weight excluding hydrogens is 344 g/mol. The summed E-state index contributed by atoms with van der Waals surface area (Å²) in [6.07, 6.45) is 4.62. The van der Waals surface area contributed by atoms with Crippen LogP contribution in [0.15, 0.2) is 53.4 Å². The number of rotatable bonds is 6. The van der Waals surface area contributed by atoms with E-state index in [0.717, 1.165) is 43.5 Å². The summed E-state index contributed by atoms with van der Waals surface area (Å²) in [7, 11) is 0. The van der Waals surface area contributed by atoms with Gasteiger partial charge in [0.15, 0.2) is 0 Å². The average molecular weight is 369 g/mol. The lowest BCUT2D eigenvalue weighted by molar-refractivity contribution is -0.125. The summed E-state index contributed by atoms with van der Waals surface area (Å²) < 4.78 is 0. The topological polar surface area (TPSA) is 49.4 Å². The Morgan fingerprint density at radius 2 is 1.77 bits per heavy atom. The number of nitrogens with zero attached hydrogens (tertiary/aromatic N) is 1. The second-order valence-electron chi connectivity index (χ2n) is 6.54. The lowest BCUT2D eigenvalue weighted by atomic mass is 9.95. The fourth-order valence-corrected chi connectivity index (χ4v) is 3.65. The van der Waals surface area contributed by atoms with E-state index in [9.17, 15) is 9.59 Å². The number of nitrogens with one attached hydrogen (secondary N) is 1. The van der Waals surface area contributed by atoms with Gasteiger partial charge in [0.25, 0.3) is 0 Å². The Balaban J connectivity index is 1.47. The normalized spacial score (nSPS) is 14.9. The first-order valence-corrected chi connectivity index (χ1v) is 10.1. The molecule has 1 aliphatic rings. The van der Waals surface area contributed by atoms with Gasteiger partial charge in [-0.25, -0.2) is 0 Å². The molecule has 0 saturated carbocycles. The SMILES string of the molecule is CSc1ccc(CNC(=O)C2CCN(c3ccc(C=O)cc3)CC2)cc1. The van der Waals surface area contributed by atoms with Gasteiger partial charge in [-0.05, 0) is 61.1 Å². The first kappa shape index (κ1) is 18.5. The molecule has 1 fully saturated rings. The smallest absolute Gasteiger partial charge is 0.223 e. The first-order valence-electron chi connectivity index (χ1n) is 8.90. The Bertz CT molecular complexity index is 736. The van der Waals surface area contributed by atoms with Crippen LogP contribution in [-0.2, 0) is 11.3 Å². The number of thioether (sulfide) groups is 1. The van der Waals surface area contributed by atoms with Crippen LogP contribution in [0.4, 0.5) is 5.69 Å². The molecule has 2 aromatic rings. The fourth-order valence-electron chi connectivity index (χ4n) is 3.24. The molecule has 5 heteroatoms. The zero-order chi connectivity index (χ0) is 18.4. The highest BCUT2D eigenvalue weighted by atomic mass is 32.2. The van der Waals surface area contributed by atoms with Gasteiger partial charge in [-0.3, -0.25) is 9.59 Å². The molecule has 26 heavy (non-hydrogen) atoms. The predicted molar refractivity (Wildman–Crippen MR) is 107 cm³/mol. The Hall–Kier alpha value is -2.27. The van der Waals surface area contributed by atoms with Gasteiger partial charge in [0.1, 0.15) is 6.29 Å². The van der Waals surface area contributed by atoms with Gasteiger partial charge in [0, 0.05) is 41.7 Å². The molecule has 0 unspecified atom stereocenters. The number of benzene rings is 2. The van der Waals surface area contributed by atoms with Crippen molar-refractivity contribution in [2.45, 2.75) is 24.3 Å². The maximum Gasteiger partial charge on any atom is 0.223 e. The van der Waals surface area contributed by atoms with Gasteiger partial charge in [0.05, 0.1) is 0 Å². The molecule has 0 radical (unpaired) electrons. The molecule has 2 aromatic carbocycles. The Labute approximate surface area is 159 Å². The molecule has 0 aromatic heterocycles. The van der Waals surface area contributed by atoms with E-state index in [4.69, 9.17) is 0 Å². The molecule has 3 rings (SSSR count). The number of aldehydes is 1. The summed E-state index contributed by atoms with van der Waals surface area (Å²) in [4.78, 5) is 26.7. The number of hydrogen-bond donors (Lipinski definition) is 1. The minimum atomic E-state index is 0.0750. The highest BCUT2D eigenvalue weighted by Crippen LogP contribution is 2.24.